The van der Waals surface area contributed by atoms with Gasteiger partial charge >= 0.3 is 0 Å². The molecule has 2 aliphatic rings. The number of hydrogen-bond acceptors (Lipinski definition) is 2. The van der Waals surface area contributed by atoms with Crippen molar-refractivity contribution in [2.75, 3.05) is 0 Å². The molecule has 0 aromatic heterocycles. The number of carbonyl (C=O) groups excluding carboxylic acids is 1. The van der Waals surface area contributed by atoms with Gasteiger partial charge in [0.15, 0.2) is 5.81 Å². The Kier molecular flexibility index (Phi) is 5.07. The van der Waals surface area contributed by atoms with E-state index in [4.69, 9.17) is 12.6 Å². The van der Waals surface area contributed by atoms with Gasteiger partial charge in [-0.2, -0.15) is 0 Å². The summed E-state index contributed by atoms with van der Waals surface area (Å²) in [5.41, 5.74) is -0.581. The third kappa shape index (κ3) is 3.47. The number of amides is 1. The maximum Gasteiger partial charge on any atom is 0.200 e. The van der Waals surface area contributed by atoms with Gasteiger partial charge in [-0.05, 0) is 57.3 Å². The quantitative estimate of drug-likeness (QED) is 0.737. The van der Waals surface area contributed by atoms with Crippen molar-refractivity contribution in [1.29, 1.82) is 0 Å². The molecule has 1 amide bonds. The van der Waals surface area contributed by atoms with Crippen LogP contribution in [0.2, 0.25) is 0 Å². The minimum Gasteiger partial charge on any atom is -0.351 e. The zero-order chi connectivity index (χ0) is 15.8. The minimum atomic E-state index is -0.581. The van der Waals surface area contributed by atoms with E-state index in [1.807, 2.05) is 13.8 Å². The molecule has 0 spiro atoms. The van der Waals surface area contributed by atoms with Crippen LogP contribution in [0.3, 0.4) is 0 Å². The molecule has 2 rings (SSSR count). The van der Waals surface area contributed by atoms with Crippen LogP contribution >= 0.6 is 0 Å². The summed E-state index contributed by atoms with van der Waals surface area (Å²) in [7, 11) is 5.59. The summed E-state index contributed by atoms with van der Waals surface area (Å²) in [6.07, 6.45) is 6.00. The van der Waals surface area contributed by atoms with Crippen molar-refractivity contribution in [2.24, 2.45) is 17.8 Å². The molecule has 1 aliphatic heterocycles. The molecule has 0 aromatic carbocycles. The lowest BCUT2D eigenvalue weighted by Crippen LogP contribution is -2.47. The molecule has 0 aromatic rings. The Morgan fingerprint density at radius 1 is 1.33 bits per heavy atom. The van der Waals surface area contributed by atoms with Crippen molar-refractivity contribution < 1.29 is 9.53 Å². The van der Waals surface area contributed by atoms with Crippen LogP contribution in [0.4, 0.5) is 4.79 Å². The summed E-state index contributed by atoms with van der Waals surface area (Å²) >= 11 is 0. The van der Waals surface area contributed by atoms with Crippen LogP contribution in [0.5, 0.6) is 0 Å². The lowest BCUT2D eigenvalue weighted by molar-refractivity contribution is -0.0665. The summed E-state index contributed by atoms with van der Waals surface area (Å²) in [5, 5.41) is 0. The van der Waals surface area contributed by atoms with Crippen LogP contribution < -0.4 is 0 Å². The van der Waals surface area contributed by atoms with Gasteiger partial charge in [0.25, 0.3) is 0 Å². The number of nitrogens with zero attached hydrogens (tertiary/aromatic N) is 1. The van der Waals surface area contributed by atoms with E-state index in [2.05, 4.69) is 20.8 Å². The number of rotatable bonds is 3. The van der Waals surface area contributed by atoms with Gasteiger partial charge in [0.1, 0.15) is 5.72 Å². The molecule has 1 saturated heterocycles. The van der Waals surface area contributed by atoms with Crippen molar-refractivity contribution in [3.63, 3.8) is 0 Å². The second kappa shape index (κ2) is 6.32. The molecule has 0 bridgehead atoms. The molecule has 3 nitrogen and oxygen atoms in total. The van der Waals surface area contributed by atoms with Gasteiger partial charge in [-0.1, -0.05) is 27.2 Å². The fraction of sp³-hybridized carbons (Fsp3) is 0.941. The third-order valence-corrected chi connectivity index (χ3v) is 5.58. The van der Waals surface area contributed by atoms with Crippen LogP contribution in [0.25, 0.3) is 0 Å². The Labute approximate surface area is 131 Å². The average Bonchev–Trinajstić information content (AvgIpc) is 2.63. The average molecular weight is 291 g/mol. The number of carbonyl (C=O) groups is 1. The first kappa shape index (κ1) is 16.9. The highest BCUT2D eigenvalue weighted by Crippen LogP contribution is 2.41. The molecule has 21 heavy (non-hydrogen) atoms. The van der Waals surface area contributed by atoms with E-state index < -0.39 is 5.72 Å². The minimum absolute atomic E-state index is 0.115. The lowest BCUT2D eigenvalue weighted by atomic mass is 9.73. The molecule has 1 aliphatic carbocycles. The maximum atomic E-state index is 11.8. The van der Waals surface area contributed by atoms with Crippen LogP contribution in [-0.2, 0) is 4.74 Å². The monoisotopic (exact) mass is 291 g/mol. The highest BCUT2D eigenvalue weighted by atomic mass is 16.5. The molecule has 2 fully saturated rings. The number of hydrogen-bond donors (Lipinski definition) is 0. The Balaban J connectivity index is 2.07. The molecule has 118 valence electrons. The van der Waals surface area contributed by atoms with Gasteiger partial charge in [-0.25, -0.2) is 0 Å². The first-order valence-corrected chi connectivity index (χ1v) is 8.52. The van der Waals surface area contributed by atoms with E-state index in [0.29, 0.717) is 5.92 Å². The Morgan fingerprint density at radius 2 is 2.00 bits per heavy atom. The maximum absolute atomic E-state index is 11.8. The van der Waals surface area contributed by atoms with Crippen molar-refractivity contribution in [2.45, 2.75) is 84.6 Å². The highest BCUT2D eigenvalue weighted by Gasteiger charge is 2.48. The molecule has 1 saturated carbocycles. The summed E-state index contributed by atoms with van der Waals surface area (Å²) in [6.45, 7) is 10.7. The van der Waals surface area contributed by atoms with Crippen LogP contribution in [0, 0.1) is 17.8 Å². The SMILES string of the molecule is [B]C(=O)N1[C@@H](CC)[C@@H](CC2CCC(C)CC2C)OC1(C)C. The zero-order valence-corrected chi connectivity index (χ0v) is 14.3. The molecule has 5 atom stereocenters. The van der Waals surface area contributed by atoms with E-state index >= 15 is 0 Å². The molecule has 2 radical (unpaired) electrons. The zero-order valence-electron chi connectivity index (χ0n) is 14.3. The summed E-state index contributed by atoms with van der Waals surface area (Å²) in [5.74, 6) is 1.95. The van der Waals surface area contributed by atoms with Gasteiger partial charge in [0.2, 0.25) is 7.85 Å². The predicted octanol–water partition coefficient (Wildman–Crippen LogP) is 3.95. The van der Waals surface area contributed by atoms with Crippen molar-refractivity contribution in [1.82, 2.24) is 4.90 Å². The van der Waals surface area contributed by atoms with E-state index in [0.717, 1.165) is 24.7 Å². The van der Waals surface area contributed by atoms with Gasteiger partial charge in [0, 0.05) is 0 Å². The fourth-order valence-electron chi connectivity index (χ4n) is 4.53. The van der Waals surface area contributed by atoms with Crippen LogP contribution in [0.15, 0.2) is 0 Å². The topological polar surface area (TPSA) is 29.5 Å². The van der Waals surface area contributed by atoms with E-state index in [9.17, 15) is 4.79 Å². The standard InChI is InChI=1S/C17H30BNO2/c1-6-14-15(21-17(4,5)19(14)16(18)20)10-13-8-7-11(2)9-12(13)3/h11-15H,6-10H2,1-5H3/t11?,12?,13?,14-,15+/m0/s1. The molecule has 3 unspecified atom stereocenters. The van der Waals surface area contributed by atoms with Gasteiger partial charge in [0.05, 0.1) is 12.1 Å². The molecule has 1 heterocycles. The van der Waals surface area contributed by atoms with Crippen LogP contribution in [-0.4, -0.2) is 36.4 Å². The summed E-state index contributed by atoms with van der Waals surface area (Å²) < 4.78 is 6.23. The summed E-state index contributed by atoms with van der Waals surface area (Å²) in [4.78, 5) is 13.5. The Hall–Kier alpha value is -0.505. The molecule has 4 heteroatoms. The summed E-state index contributed by atoms with van der Waals surface area (Å²) in [6, 6.07) is 0.115. The normalized spacial score (nSPS) is 39.5. The molecular formula is C17H30BNO2. The third-order valence-electron chi connectivity index (χ3n) is 5.58. The van der Waals surface area contributed by atoms with Crippen LogP contribution in [0.1, 0.15) is 66.7 Å². The second-order valence-electron chi connectivity index (χ2n) is 7.68. The Morgan fingerprint density at radius 3 is 2.52 bits per heavy atom. The highest BCUT2D eigenvalue weighted by molar-refractivity contribution is 6.57. The smallest absolute Gasteiger partial charge is 0.200 e. The van der Waals surface area contributed by atoms with Crippen molar-refractivity contribution in [3.8, 4) is 0 Å². The molecule has 0 N–H and O–H groups in total. The largest absolute Gasteiger partial charge is 0.351 e. The molecular weight excluding hydrogens is 261 g/mol. The van der Waals surface area contributed by atoms with Gasteiger partial charge in [-0.15, -0.1) is 0 Å². The first-order chi connectivity index (χ1) is 9.76. The van der Waals surface area contributed by atoms with Crippen molar-refractivity contribution >= 4 is 13.7 Å². The van der Waals surface area contributed by atoms with E-state index in [-0.39, 0.29) is 18.0 Å². The Bertz CT molecular complexity index is 385. The predicted molar refractivity (Wildman–Crippen MR) is 86.3 cm³/mol. The van der Waals surface area contributed by atoms with Gasteiger partial charge in [-0.3, -0.25) is 4.79 Å². The van der Waals surface area contributed by atoms with Gasteiger partial charge < -0.3 is 9.64 Å². The first-order valence-electron chi connectivity index (χ1n) is 8.52. The second-order valence-corrected chi connectivity index (χ2v) is 7.68. The van der Waals surface area contributed by atoms with Crippen molar-refractivity contribution in [3.05, 3.63) is 0 Å². The number of ether oxygens (including phenoxy) is 1. The van der Waals surface area contributed by atoms with E-state index in [1.165, 1.54) is 19.3 Å². The van der Waals surface area contributed by atoms with E-state index in [1.54, 1.807) is 4.90 Å². The fourth-order valence-corrected chi connectivity index (χ4v) is 4.53. The lowest BCUT2D eigenvalue weighted by Gasteiger charge is -2.35.